The van der Waals surface area contributed by atoms with Crippen molar-refractivity contribution in [3.63, 3.8) is 0 Å². The summed E-state index contributed by atoms with van der Waals surface area (Å²) >= 11 is 0. The first-order valence-corrected chi connectivity index (χ1v) is 7.07. The highest BCUT2D eigenvalue weighted by molar-refractivity contribution is 5.69. The number of aliphatic hydroxyl groups excluding tert-OH is 1. The fourth-order valence-electron chi connectivity index (χ4n) is 1.91. The van der Waals surface area contributed by atoms with Crippen molar-refractivity contribution in [2.45, 2.75) is 51.4 Å². The molecule has 0 fully saturated rings. The van der Waals surface area contributed by atoms with Gasteiger partial charge in [-0.25, -0.2) is 4.79 Å². The number of unbranched alkanes of at least 4 members (excludes halogenated alkanes) is 6. The van der Waals surface area contributed by atoms with Gasteiger partial charge in [0.2, 0.25) is 11.8 Å². The first-order valence-electron chi connectivity index (χ1n) is 7.07. The van der Waals surface area contributed by atoms with Gasteiger partial charge in [-0.2, -0.15) is 0 Å². The van der Waals surface area contributed by atoms with Gasteiger partial charge in [0.05, 0.1) is 0 Å². The van der Waals surface area contributed by atoms with Crippen LogP contribution in [0.1, 0.15) is 51.4 Å². The van der Waals surface area contributed by atoms with Gasteiger partial charge in [-0.1, -0.05) is 32.1 Å². The van der Waals surface area contributed by atoms with Gasteiger partial charge in [-0.3, -0.25) is 0 Å². The Kier molecular flexibility index (Phi) is 7.57. The molecule has 6 nitrogen and oxygen atoms in total. The van der Waals surface area contributed by atoms with E-state index in [0.29, 0.717) is 4.73 Å². The van der Waals surface area contributed by atoms with Gasteiger partial charge in [0, 0.05) is 25.2 Å². The second-order valence-corrected chi connectivity index (χ2v) is 4.76. The molecule has 0 saturated carbocycles. The highest BCUT2D eigenvalue weighted by Crippen LogP contribution is 2.19. The molecular formula is C14H23NO5. The van der Waals surface area contributed by atoms with Crippen LogP contribution in [-0.2, 0) is 4.79 Å². The van der Waals surface area contributed by atoms with E-state index in [1.807, 2.05) is 0 Å². The van der Waals surface area contributed by atoms with Gasteiger partial charge in [0.25, 0.3) is 0 Å². The number of aliphatic hydroxyl groups is 1. The molecular weight excluding hydrogens is 262 g/mol. The number of carbonyl (C=O) groups excluding carboxylic acids is 1. The van der Waals surface area contributed by atoms with Crippen LogP contribution >= 0.6 is 0 Å². The van der Waals surface area contributed by atoms with E-state index in [9.17, 15) is 15.0 Å². The lowest BCUT2D eigenvalue weighted by molar-refractivity contribution is -0.145. The van der Waals surface area contributed by atoms with Gasteiger partial charge in [-0.05, 0) is 12.8 Å². The minimum Gasteiger partial charge on any atom is -0.492 e. The Labute approximate surface area is 118 Å². The lowest BCUT2D eigenvalue weighted by atomic mass is 10.1. The SMILES string of the molecule is O=C(CCCCCCCCCO)On1c(O)ccc1O. The Bertz CT molecular complexity index is 383. The minimum absolute atomic E-state index is 0.255. The highest BCUT2D eigenvalue weighted by Gasteiger charge is 2.11. The lowest BCUT2D eigenvalue weighted by Gasteiger charge is -2.06. The summed E-state index contributed by atoms with van der Waals surface area (Å²) in [5.74, 6) is -1.09. The highest BCUT2D eigenvalue weighted by atomic mass is 16.7. The number of aromatic hydroxyl groups is 2. The molecule has 0 atom stereocenters. The van der Waals surface area contributed by atoms with Crippen molar-refractivity contribution < 1.29 is 25.0 Å². The van der Waals surface area contributed by atoms with Gasteiger partial charge in [0.1, 0.15) is 0 Å². The zero-order chi connectivity index (χ0) is 14.8. The number of carbonyl (C=O) groups is 1. The molecule has 0 bridgehead atoms. The van der Waals surface area contributed by atoms with Gasteiger partial charge in [0.15, 0.2) is 0 Å². The van der Waals surface area contributed by atoms with Crippen molar-refractivity contribution in [2.24, 2.45) is 0 Å². The Balaban J connectivity index is 2.06. The summed E-state index contributed by atoms with van der Waals surface area (Å²) in [7, 11) is 0. The second kappa shape index (κ2) is 9.25. The summed E-state index contributed by atoms with van der Waals surface area (Å²) in [6, 6.07) is 2.49. The summed E-state index contributed by atoms with van der Waals surface area (Å²) < 4.78 is 0.706. The van der Waals surface area contributed by atoms with Crippen molar-refractivity contribution in [2.75, 3.05) is 6.61 Å². The first kappa shape index (κ1) is 16.4. The molecule has 114 valence electrons. The van der Waals surface area contributed by atoms with E-state index >= 15 is 0 Å². The molecule has 0 aliphatic heterocycles. The average molecular weight is 285 g/mol. The van der Waals surface area contributed by atoms with E-state index in [1.165, 1.54) is 12.1 Å². The average Bonchev–Trinajstić information content (AvgIpc) is 2.73. The van der Waals surface area contributed by atoms with Crippen molar-refractivity contribution in [1.29, 1.82) is 0 Å². The summed E-state index contributed by atoms with van der Waals surface area (Å²) in [6.07, 6.45) is 7.09. The van der Waals surface area contributed by atoms with Crippen LogP contribution in [0.3, 0.4) is 0 Å². The smallest absolute Gasteiger partial charge is 0.333 e. The minimum atomic E-state index is -0.480. The number of rotatable bonds is 10. The zero-order valence-electron chi connectivity index (χ0n) is 11.6. The summed E-state index contributed by atoms with van der Waals surface area (Å²) in [4.78, 5) is 16.3. The quantitative estimate of drug-likeness (QED) is 0.572. The van der Waals surface area contributed by atoms with Crippen molar-refractivity contribution >= 4 is 5.97 Å². The van der Waals surface area contributed by atoms with E-state index in [0.717, 1.165) is 44.9 Å². The molecule has 1 rings (SSSR count). The van der Waals surface area contributed by atoms with Gasteiger partial charge < -0.3 is 20.2 Å². The zero-order valence-corrected chi connectivity index (χ0v) is 11.6. The number of hydrogen-bond donors (Lipinski definition) is 3. The number of hydrogen-bond acceptors (Lipinski definition) is 5. The third kappa shape index (κ3) is 5.97. The first-order chi connectivity index (χ1) is 9.65. The van der Waals surface area contributed by atoms with Crippen molar-refractivity contribution in [1.82, 2.24) is 4.73 Å². The molecule has 0 spiro atoms. The largest absolute Gasteiger partial charge is 0.492 e. The molecule has 0 unspecified atom stereocenters. The fourth-order valence-corrected chi connectivity index (χ4v) is 1.91. The molecule has 1 aromatic heterocycles. The molecule has 0 saturated heterocycles. The Morgan fingerprint density at radius 1 is 0.950 bits per heavy atom. The summed E-state index contributed by atoms with van der Waals surface area (Å²) in [6.45, 7) is 0.255. The van der Waals surface area contributed by atoms with Gasteiger partial charge >= 0.3 is 5.97 Å². The Hall–Kier alpha value is -1.69. The standard InChI is InChI=1S/C14H23NO5/c16-11-7-5-3-1-2-4-6-8-14(19)20-15-12(17)9-10-13(15)18/h9-10,16-18H,1-8,11H2. The Morgan fingerprint density at radius 3 is 2.00 bits per heavy atom. The van der Waals surface area contributed by atoms with Gasteiger partial charge in [-0.15, -0.1) is 4.73 Å². The molecule has 1 aromatic rings. The predicted octanol–water partition coefficient (Wildman–Crippen LogP) is 1.97. The molecule has 3 N–H and O–H groups in total. The maximum Gasteiger partial charge on any atom is 0.333 e. The topological polar surface area (TPSA) is 91.9 Å². The normalized spacial score (nSPS) is 10.7. The van der Waals surface area contributed by atoms with Crippen LogP contribution in [0.5, 0.6) is 11.8 Å². The molecule has 6 heteroatoms. The molecule has 0 aliphatic rings. The van der Waals surface area contributed by atoms with E-state index in [1.54, 1.807) is 0 Å². The van der Waals surface area contributed by atoms with E-state index in [2.05, 4.69) is 0 Å². The second-order valence-electron chi connectivity index (χ2n) is 4.76. The molecule has 0 radical (unpaired) electrons. The molecule has 0 aromatic carbocycles. The summed E-state index contributed by atoms with van der Waals surface area (Å²) in [5.41, 5.74) is 0. The lowest BCUT2D eigenvalue weighted by Crippen LogP contribution is -2.18. The fraction of sp³-hybridized carbons (Fsp3) is 0.643. The van der Waals surface area contributed by atoms with Crippen LogP contribution in [0.25, 0.3) is 0 Å². The van der Waals surface area contributed by atoms with Crippen LogP contribution in [0.15, 0.2) is 12.1 Å². The van der Waals surface area contributed by atoms with Crippen molar-refractivity contribution in [3.05, 3.63) is 12.1 Å². The third-order valence-electron chi connectivity index (χ3n) is 3.03. The summed E-state index contributed by atoms with van der Waals surface area (Å²) in [5, 5.41) is 27.2. The van der Waals surface area contributed by atoms with E-state index in [4.69, 9.17) is 9.94 Å². The van der Waals surface area contributed by atoms with Crippen LogP contribution in [0.4, 0.5) is 0 Å². The van der Waals surface area contributed by atoms with E-state index < -0.39 is 5.97 Å². The van der Waals surface area contributed by atoms with Crippen molar-refractivity contribution in [3.8, 4) is 11.8 Å². The maximum absolute atomic E-state index is 11.5. The molecule has 20 heavy (non-hydrogen) atoms. The number of nitrogens with zero attached hydrogens (tertiary/aromatic N) is 1. The number of aromatic nitrogens is 1. The van der Waals surface area contributed by atoms with Crippen LogP contribution in [0, 0.1) is 0 Å². The predicted molar refractivity (Wildman–Crippen MR) is 73.4 cm³/mol. The molecule has 0 aliphatic carbocycles. The molecule has 1 heterocycles. The third-order valence-corrected chi connectivity index (χ3v) is 3.03. The van der Waals surface area contributed by atoms with Crippen LogP contribution in [0.2, 0.25) is 0 Å². The van der Waals surface area contributed by atoms with E-state index in [-0.39, 0.29) is 24.8 Å². The monoisotopic (exact) mass is 285 g/mol. The van der Waals surface area contributed by atoms with Crippen LogP contribution < -0.4 is 4.84 Å². The molecule has 0 amide bonds. The maximum atomic E-state index is 11.5. The Morgan fingerprint density at radius 2 is 1.45 bits per heavy atom. The van der Waals surface area contributed by atoms with Crippen LogP contribution in [-0.4, -0.2) is 32.6 Å².